The number of carbonyl (C=O) groups is 2. The van der Waals surface area contributed by atoms with Crippen molar-refractivity contribution in [3.05, 3.63) is 95.8 Å². The predicted molar refractivity (Wildman–Crippen MR) is 108 cm³/mol. The van der Waals surface area contributed by atoms with Gasteiger partial charge >= 0.3 is 6.03 Å². The first-order valence-electron chi connectivity index (χ1n) is 8.74. The molecule has 0 fully saturated rings. The van der Waals surface area contributed by atoms with Crippen LogP contribution in [0.4, 0.5) is 20.6 Å². The van der Waals surface area contributed by atoms with Crippen molar-refractivity contribution >= 4 is 23.3 Å². The highest BCUT2D eigenvalue weighted by atomic mass is 19.1. The maximum atomic E-state index is 13.0. The molecule has 3 rings (SSSR count). The van der Waals surface area contributed by atoms with Crippen LogP contribution in [0.1, 0.15) is 15.9 Å². The van der Waals surface area contributed by atoms with Crippen molar-refractivity contribution in [3.63, 3.8) is 0 Å². The summed E-state index contributed by atoms with van der Waals surface area (Å²) in [6, 6.07) is 21.5. The van der Waals surface area contributed by atoms with E-state index >= 15 is 0 Å². The molecule has 0 aliphatic rings. The number of halogens is 1. The molecule has 5 nitrogen and oxygen atoms in total. The standard InChI is InChI=1S/C22H20FN3O2/c1-26(15-16-7-11-18(23)12-8-16)22(28)25-20-13-9-17(10-14-20)21(27)24-19-5-3-2-4-6-19/h2-14H,15H2,1H3,(H,24,27)(H,25,28). The number of anilines is 2. The number of hydrogen-bond acceptors (Lipinski definition) is 2. The van der Waals surface area contributed by atoms with Gasteiger partial charge < -0.3 is 15.5 Å². The second-order valence-corrected chi connectivity index (χ2v) is 6.31. The number of urea groups is 1. The van der Waals surface area contributed by atoms with Crippen LogP contribution < -0.4 is 10.6 Å². The van der Waals surface area contributed by atoms with Crippen LogP contribution in [0.25, 0.3) is 0 Å². The van der Waals surface area contributed by atoms with Gasteiger partial charge in [-0.1, -0.05) is 30.3 Å². The summed E-state index contributed by atoms with van der Waals surface area (Å²) in [5, 5.41) is 5.58. The summed E-state index contributed by atoms with van der Waals surface area (Å²) in [5.41, 5.74) is 2.60. The predicted octanol–water partition coefficient (Wildman–Crippen LogP) is 4.74. The van der Waals surface area contributed by atoms with Crippen molar-refractivity contribution in [2.24, 2.45) is 0 Å². The molecule has 3 amide bonds. The van der Waals surface area contributed by atoms with E-state index in [4.69, 9.17) is 0 Å². The second kappa shape index (κ2) is 8.81. The first-order chi connectivity index (χ1) is 13.5. The summed E-state index contributed by atoms with van der Waals surface area (Å²) in [4.78, 5) is 26.0. The van der Waals surface area contributed by atoms with E-state index in [-0.39, 0.29) is 17.8 Å². The van der Waals surface area contributed by atoms with Gasteiger partial charge in [0.25, 0.3) is 5.91 Å². The molecule has 0 saturated carbocycles. The van der Waals surface area contributed by atoms with Crippen LogP contribution >= 0.6 is 0 Å². The first-order valence-corrected chi connectivity index (χ1v) is 8.74. The fraction of sp³-hybridized carbons (Fsp3) is 0.0909. The van der Waals surface area contributed by atoms with E-state index in [1.807, 2.05) is 30.3 Å². The third-order valence-electron chi connectivity index (χ3n) is 4.11. The highest BCUT2D eigenvalue weighted by Crippen LogP contribution is 2.14. The molecule has 0 bridgehead atoms. The zero-order valence-electron chi connectivity index (χ0n) is 15.4. The van der Waals surface area contributed by atoms with Crippen LogP contribution in [0.15, 0.2) is 78.9 Å². The van der Waals surface area contributed by atoms with Crippen LogP contribution in [0.5, 0.6) is 0 Å². The van der Waals surface area contributed by atoms with Crippen LogP contribution in [-0.4, -0.2) is 23.9 Å². The van der Waals surface area contributed by atoms with E-state index < -0.39 is 0 Å². The number of benzene rings is 3. The quantitative estimate of drug-likeness (QED) is 0.674. The van der Waals surface area contributed by atoms with Gasteiger partial charge in [0.05, 0.1) is 0 Å². The van der Waals surface area contributed by atoms with Gasteiger partial charge in [0, 0.05) is 30.5 Å². The Kier molecular flexibility index (Phi) is 6.01. The van der Waals surface area contributed by atoms with Gasteiger partial charge in [-0.05, 0) is 54.1 Å². The Morgan fingerprint density at radius 1 is 0.821 bits per heavy atom. The largest absolute Gasteiger partial charge is 0.323 e. The third-order valence-corrected chi connectivity index (χ3v) is 4.11. The molecule has 0 atom stereocenters. The van der Waals surface area contributed by atoms with Crippen molar-refractivity contribution in [2.45, 2.75) is 6.54 Å². The summed E-state index contributed by atoms with van der Waals surface area (Å²) in [5.74, 6) is -0.537. The fourth-order valence-corrected chi connectivity index (χ4v) is 2.58. The number of nitrogens with zero attached hydrogens (tertiary/aromatic N) is 1. The third kappa shape index (κ3) is 5.17. The Bertz CT molecular complexity index is 942. The summed E-state index contributed by atoms with van der Waals surface area (Å²) >= 11 is 0. The molecule has 2 N–H and O–H groups in total. The van der Waals surface area contributed by atoms with Gasteiger partial charge in [0.15, 0.2) is 0 Å². The minimum Gasteiger partial charge on any atom is -0.323 e. The number of para-hydroxylation sites is 1. The Hall–Kier alpha value is -3.67. The lowest BCUT2D eigenvalue weighted by Crippen LogP contribution is -2.30. The molecule has 6 heteroatoms. The maximum absolute atomic E-state index is 13.0. The van der Waals surface area contributed by atoms with Crippen LogP contribution in [0.2, 0.25) is 0 Å². The summed E-state index contributed by atoms with van der Waals surface area (Å²) in [6.07, 6.45) is 0. The number of hydrogen-bond donors (Lipinski definition) is 2. The van der Waals surface area contributed by atoms with Crippen molar-refractivity contribution in [3.8, 4) is 0 Å². The molecule has 3 aromatic rings. The van der Waals surface area contributed by atoms with Gasteiger partial charge in [-0.25, -0.2) is 9.18 Å². The van der Waals surface area contributed by atoms with Crippen LogP contribution in [-0.2, 0) is 6.54 Å². The minimum absolute atomic E-state index is 0.225. The molecule has 0 radical (unpaired) electrons. The SMILES string of the molecule is CN(Cc1ccc(F)cc1)C(=O)Nc1ccc(C(=O)Nc2ccccc2)cc1. The fourth-order valence-electron chi connectivity index (χ4n) is 2.58. The molecule has 142 valence electrons. The van der Waals surface area contributed by atoms with Crippen LogP contribution in [0.3, 0.4) is 0 Å². The number of rotatable bonds is 5. The summed E-state index contributed by atoms with van der Waals surface area (Å²) in [6.45, 7) is 0.351. The van der Waals surface area contributed by atoms with E-state index in [1.165, 1.54) is 17.0 Å². The Morgan fingerprint density at radius 3 is 2.07 bits per heavy atom. The lowest BCUT2D eigenvalue weighted by Gasteiger charge is -2.18. The average molecular weight is 377 g/mol. The maximum Gasteiger partial charge on any atom is 0.321 e. The van der Waals surface area contributed by atoms with E-state index in [0.29, 0.717) is 23.5 Å². The average Bonchev–Trinajstić information content (AvgIpc) is 2.71. The Balaban J connectivity index is 1.56. The smallest absolute Gasteiger partial charge is 0.321 e. The van der Waals surface area contributed by atoms with Crippen LogP contribution in [0, 0.1) is 5.82 Å². The second-order valence-electron chi connectivity index (χ2n) is 6.31. The molecule has 0 aromatic heterocycles. The van der Waals surface area contributed by atoms with Crippen molar-refractivity contribution in [2.75, 3.05) is 17.7 Å². The lowest BCUT2D eigenvalue weighted by atomic mass is 10.2. The molecule has 0 saturated heterocycles. The number of amides is 3. The lowest BCUT2D eigenvalue weighted by molar-refractivity contribution is 0.102. The molecule has 3 aromatic carbocycles. The van der Waals surface area contributed by atoms with Gasteiger partial charge in [-0.3, -0.25) is 4.79 Å². The van der Waals surface area contributed by atoms with Gasteiger partial charge in [-0.15, -0.1) is 0 Å². The normalized spacial score (nSPS) is 10.2. The Morgan fingerprint density at radius 2 is 1.43 bits per heavy atom. The Labute approximate surface area is 162 Å². The van der Waals surface area contributed by atoms with Crippen molar-refractivity contribution in [1.29, 1.82) is 0 Å². The highest BCUT2D eigenvalue weighted by molar-refractivity contribution is 6.04. The molecule has 0 heterocycles. The molecular formula is C22H20FN3O2. The number of carbonyl (C=O) groups excluding carboxylic acids is 2. The van der Waals surface area contributed by atoms with Crippen molar-refractivity contribution in [1.82, 2.24) is 4.90 Å². The monoisotopic (exact) mass is 377 g/mol. The van der Waals surface area contributed by atoms with Gasteiger partial charge in [0.1, 0.15) is 5.82 Å². The number of nitrogens with one attached hydrogen (secondary N) is 2. The zero-order chi connectivity index (χ0) is 19.9. The van der Waals surface area contributed by atoms with Gasteiger partial charge in [0.2, 0.25) is 0 Å². The molecule has 0 unspecified atom stereocenters. The minimum atomic E-state index is -0.313. The van der Waals surface area contributed by atoms with E-state index in [9.17, 15) is 14.0 Å². The highest BCUT2D eigenvalue weighted by Gasteiger charge is 2.11. The van der Waals surface area contributed by atoms with E-state index in [0.717, 1.165) is 5.56 Å². The first kappa shape index (κ1) is 19.1. The molecular weight excluding hydrogens is 357 g/mol. The summed E-state index contributed by atoms with van der Waals surface area (Å²) < 4.78 is 13.0. The molecule has 28 heavy (non-hydrogen) atoms. The van der Waals surface area contributed by atoms with Gasteiger partial charge in [-0.2, -0.15) is 0 Å². The van der Waals surface area contributed by atoms with E-state index in [1.54, 1.807) is 43.4 Å². The summed E-state index contributed by atoms with van der Waals surface area (Å²) in [7, 11) is 1.65. The zero-order valence-corrected chi connectivity index (χ0v) is 15.4. The molecule has 0 aliphatic carbocycles. The topological polar surface area (TPSA) is 61.4 Å². The van der Waals surface area contributed by atoms with E-state index in [2.05, 4.69) is 10.6 Å². The van der Waals surface area contributed by atoms with Crippen molar-refractivity contribution < 1.29 is 14.0 Å². The molecule has 0 aliphatic heterocycles. The molecule has 0 spiro atoms.